The van der Waals surface area contributed by atoms with Crippen molar-refractivity contribution >= 4 is 11.6 Å². The maximum absolute atomic E-state index is 4.72. The summed E-state index contributed by atoms with van der Waals surface area (Å²) in [5.41, 5.74) is 1.21. The van der Waals surface area contributed by atoms with Crippen LogP contribution in [0.3, 0.4) is 0 Å². The number of hydrogen-bond donors (Lipinski definition) is 2. The molecule has 0 fully saturated rings. The Balaban J connectivity index is 1.79. The highest BCUT2D eigenvalue weighted by atomic mass is 15.3. The van der Waals surface area contributed by atoms with Crippen LogP contribution in [-0.4, -0.2) is 48.5 Å². The lowest BCUT2D eigenvalue weighted by molar-refractivity contribution is 0.570. The minimum Gasteiger partial charge on any atom is -0.370 e. The van der Waals surface area contributed by atoms with Crippen LogP contribution in [0.25, 0.3) is 0 Å². The molecule has 0 spiro atoms. The molecule has 1 unspecified atom stereocenters. The molecule has 0 saturated heterocycles. The molecule has 0 amide bonds. The van der Waals surface area contributed by atoms with E-state index in [0.717, 1.165) is 38.6 Å². The highest BCUT2D eigenvalue weighted by Crippen LogP contribution is 2.13. The summed E-state index contributed by atoms with van der Waals surface area (Å²) < 4.78 is 1.95. The molecule has 0 bridgehead atoms. The highest BCUT2D eigenvalue weighted by Gasteiger charge is 2.09. The first-order chi connectivity index (χ1) is 12.2. The van der Waals surface area contributed by atoms with Crippen molar-refractivity contribution in [3.8, 4) is 0 Å². The van der Waals surface area contributed by atoms with E-state index in [2.05, 4.69) is 65.8 Å². The molecule has 136 valence electrons. The smallest absolute Gasteiger partial charge is 0.191 e. The molecule has 2 N–H and O–H groups in total. The molecule has 0 saturated carbocycles. The number of nitrogens with one attached hydrogen (secondary N) is 2. The van der Waals surface area contributed by atoms with Gasteiger partial charge in [0.05, 0.1) is 6.54 Å². The van der Waals surface area contributed by atoms with E-state index in [1.165, 1.54) is 5.69 Å². The molecule has 6 nitrogen and oxygen atoms in total. The predicted octanol–water partition coefficient (Wildman–Crippen LogP) is 2.35. The van der Waals surface area contributed by atoms with Gasteiger partial charge in [0.15, 0.2) is 5.96 Å². The molecule has 0 aliphatic heterocycles. The van der Waals surface area contributed by atoms with Crippen LogP contribution < -0.4 is 15.5 Å². The fourth-order valence-corrected chi connectivity index (χ4v) is 2.49. The summed E-state index contributed by atoms with van der Waals surface area (Å²) in [6.07, 6.45) is 4.80. The van der Waals surface area contributed by atoms with Crippen molar-refractivity contribution in [3.05, 3.63) is 48.8 Å². The minimum atomic E-state index is 0.321. The third-order valence-corrected chi connectivity index (χ3v) is 4.10. The Morgan fingerprint density at radius 3 is 2.72 bits per heavy atom. The molecule has 0 aliphatic carbocycles. The van der Waals surface area contributed by atoms with Crippen LogP contribution in [0.5, 0.6) is 0 Å². The van der Waals surface area contributed by atoms with E-state index >= 15 is 0 Å². The van der Waals surface area contributed by atoms with E-state index in [0.29, 0.717) is 6.04 Å². The van der Waals surface area contributed by atoms with Gasteiger partial charge in [0.1, 0.15) is 0 Å². The number of benzene rings is 1. The van der Waals surface area contributed by atoms with Gasteiger partial charge in [-0.1, -0.05) is 18.2 Å². The van der Waals surface area contributed by atoms with Gasteiger partial charge in [0.25, 0.3) is 0 Å². The molecule has 2 rings (SSSR count). The molecule has 25 heavy (non-hydrogen) atoms. The van der Waals surface area contributed by atoms with Crippen LogP contribution in [-0.2, 0) is 6.54 Å². The van der Waals surface area contributed by atoms with E-state index in [-0.39, 0.29) is 0 Å². The van der Waals surface area contributed by atoms with Gasteiger partial charge in [-0.15, -0.1) is 0 Å². The second-order valence-electron chi connectivity index (χ2n) is 6.06. The topological polar surface area (TPSA) is 57.5 Å². The number of guanidine groups is 1. The Kier molecular flexibility index (Phi) is 7.82. The molecule has 1 aromatic carbocycles. The van der Waals surface area contributed by atoms with Crippen molar-refractivity contribution < 1.29 is 0 Å². The van der Waals surface area contributed by atoms with Gasteiger partial charge >= 0.3 is 0 Å². The summed E-state index contributed by atoms with van der Waals surface area (Å²) >= 11 is 0. The lowest BCUT2D eigenvalue weighted by Gasteiger charge is -2.26. The average molecular weight is 342 g/mol. The van der Waals surface area contributed by atoms with Crippen LogP contribution in [0.15, 0.2) is 53.8 Å². The van der Waals surface area contributed by atoms with Gasteiger partial charge < -0.3 is 15.5 Å². The molecule has 0 aliphatic rings. The quantitative estimate of drug-likeness (QED) is 0.417. The van der Waals surface area contributed by atoms with Crippen LogP contribution in [0.2, 0.25) is 0 Å². The summed E-state index contributed by atoms with van der Waals surface area (Å²) in [6.45, 7) is 7.65. The van der Waals surface area contributed by atoms with Crippen molar-refractivity contribution in [1.29, 1.82) is 0 Å². The zero-order valence-electron chi connectivity index (χ0n) is 15.5. The third kappa shape index (κ3) is 6.49. The SMILES string of the molecule is CCNC(=NCC(C)N(C)c1ccccc1)NCCCn1cccn1. The normalized spacial score (nSPS) is 12.7. The number of aliphatic imine (C=N–C) groups is 1. The van der Waals surface area contributed by atoms with E-state index in [1.54, 1.807) is 0 Å². The molecule has 1 aromatic heterocycles. The standard InChI is InChI=1S/C19H30N6/c1-4-20-19(21-12-8-14-25-15-9-13-23-25)22-16-17(2)24(3)18-10-6-5-7-11-18/h5-7,9-11,13,15,17H,4,8,12,14,16H2,1-3H3,(H2,20,21,22). The molecule has 0 radical (unpaired) electrons. The van der Waals surface area contributed by atoms with E-state index < -0.39 is 0 Å². The number of aryl methyl sites for hydroxylation is 1. The lowest BCUT2D eigenvalue weighted by atomic mass is 10.2. The fraction of sp³-hybridized carbons (Fsp3) is 0.474. The Hall–Kier alpha value is -2.50. The zero-order chi connectivity index (χ0) is 17.9. The fourth-order valence-electron chi connectivity index (χ4n) is 2.49. The Labute approximate surface area is 151 Å². The average Bonchev–Trinajstić information content (AvgIpc) is 3.16. The number of nitrogens with zero attached hydrogens (tertiary/aromatic N) is 4. The molecule has 1 heterocycles. The Morgan fingerprint density at radius 2 is 2.04 bits per heavy atom. The van der Waals surface area contributed by atoms with Crippen LogP contribution in [0.4, 0.5) is 5.69 Å². The summed E-state index contributed by atoms with van der Waals surface area (Å²) in [6, 6.07) is 12.7. The second-order valence-corrected chi connectivity index (χ2v) is 6.06. The predicted molar refractivity (Wildman–Crippen MR) is 105 cm³/mol. The Bertz CT molecular complexity index is 608. The molecule has 2 aromatic rings. The summed E-state index contributed by atoms with van der Waals surface area (Å²) in [4.78, 5) is 6.98. The van der Waals surface area contributed by atoms with Crippen molar-refractivity contribution in [2.45, 2.75) is 32.9 Å². The van der Waals surface area contributed by atoms with Gasteiger partial charge in [-0.3, -0.25) is 9.67 Å². The first-order valence-electron chi connectivity index (χ1n) is 8.98. The van der Waals surface area contributed by atoms with E-state index in [4.69, 9.17) is 4.99 Å². The van der Waals surface area contributed by atoms with Crippen LogP contribution in [0, 0.1) is 0 Å². The molecular formula is C19H30N6. The number of para-hydroxylation sites is 1. The third-order valence-electron chi connectivity index (χ3n) is 4.10. The minimum absolute atomic E-state index is 0.321. The second kappa shape index (κ2) is 10.4. The van der Waals surface area contributed by atoms with Crippen molar-refractivity contribution in [3.63, 3.8) is 0 Å². The lowest BCUT2D eigenvalue weighted by Crippen LogP contribution is -2.39. The van der Waals surface area contributed by atoms with Gasteiger partial charge in [-0.2, -0.15) is 5.10 Å². The number of anilines is 1. The van der Waals surface area contributed by atoms with E-state index in [9.17, 15) is 0 Å². The number of hydrogen-bond acceptors (Lipinski definition) is 3. The summed E-state index contributed by atoms with van der Waals surface area (Å²) in [5, 5.41) is 10.9. The largest absolute Gasteiger partial charge is 0.370 e. The van der Waals surface area contributed by atoms with Crippen molar-refractivity contribution in [2.75, 3.05) is 31.6 Å². The van der Waals surface area contributed by atoms with Gasteiger partial charge in [-0.05, 0) is 38.5 Å². The summed E-state index contributed by atoms with van der Waals surface area (Å²) in [7, 11) is 2.11. The van der Waals surface area contributed by atoms with E-state index in [1.807, 2.05) is 29.2 Å². The Morgan fingerprint density at radius 1 is 1.24 bits per heavy atom. The monoisotopic (exact) mass is 342 g/mol. The zero-order valence-corrected chi connectivity index (χ0v) is 15.5. The van der Waals surface area contributed by atoms with Crippen molar-refractivity contribution in [2.24, 2.45) is 4.99 Å². The first-order valence-corrected chi connectivity index (χ1v) is 8.98. The van der Waals surface area contributed by atoms with Crippen LogP contribution in [0.1, 0.15) is 20.3 Å². The number of aromatic nitrogens is 2. The maximum atomic E-state index is 4.72. The maximum Gasteiger partial charge on any atom is 0.191 e. The van der Waals surface area contributed by atoms with Gasteiger partial charge in [0, 0.05) is 50.8 Å². The van der Waals surface area contributed by atoms with Crippen molar-refractivity contribution in [1.82, 2.24) is 20.4 Å². The molecular weight excluding hydrogens is 312 g/mol. The van der Waals surface area contributed by atoms with Crippen LogP contribution >= 0.6 is 0 Å². The first kappa shape index (κ1) is 18.8. The van der Waals surface area contributed by atoms with Gasteiger partial charge in [-0.25, -0.2) is 0 Å². The molecule has 6 heteroatoms. The number of likely N-dealkylation sites (N-methyl/N-ethyl adjacent to an activating group) is 1. The van der Waals surface area contributed by atoms with Gasteiger partial charge in [0.2, 0.25) is 0 Å². The summed E-state index contributed by atoms with van der Waals surface area (Å²) in [5.74, 6) is 0.872. The number of rotatable bonds is 9. The highest BCUT2D eigenvalue weighted by molar-refractivity contribution is 5.79. The molecule has 1 atom stereocenters.